The number of carbonyl (C=O) groups excluding carboxylic acids is 3. The fraction of sp³-hybridized carbons (Fsp3) is 0.167. The van der Waals surface area contributed by atoms with Crippen molar-refractivity contribution in [2.75, 3.05) is 6.54 Å². The molecule has 3 aliphatic rings. The summed E-state index contributed by atoms with van der Waals surface area (Å²) in [7, 11) is 0. The number of aromatic nitrogens is 4. The minimum absolute atomic E-state index is 0.0154. The molecule has 3 aliphatic heterocycles. The van der Waals surface area contributed by atoms with Gasteiger partial charge in [0.1, 0.15) is 6.33 Å². The Hall–Kier alpha value is -4.60. The van der Waals surface area contributed by atoms with Crippen LogP contribution in [-0.2, 0) is 6.54 Å². The zero-order valence-corrected chi connectivity index (χ0v) is 17.7. The van der Waals surface area contributed by atoms with Crippen LogP contribution in [0.4, 0.5) is 0 Å². The van der Waals surface area contributed by atoms with Crippen molar-refractivity contribution in [2.24, 2.45) is 0 Å². The predicted octanol–water partition coefficient (Wildman–Crippen LogP) is 2.62. The molecule has 0 N–H and O–H groups in total. The molecule has 1 atom stereocenters. The normalized spacial score (nSPS) is 18.2. The van der Waals surface area contributed by atoms with Crippen molar-refractivity contribution < 1.29 is 18.9 Å². The quantitative estimate of drug-likeness (QED) is 0.439. The Labute approximate surface area is 192 Å². The van der Waals surface area contributed by atoms with E-state index in [9.17, 15) is 14.4 Å². The lowest BCUT2D eigenvalue weighted by Crippen LogP contribution is -2.44. The molecule has 0 unspecified atom stereocenters. The van der Waals surface area contributed by atoms with Crippen LogP contribution in [0.15, 0.2) is 59.4 Å². The van der Waals surface area contributed by atoms with Gasteiger partial charge in [-0.05, 0) is 30.7 Å². The van der Waals surface area contributed by atoms with Gasteiger partial charge in [-0.3, -0.25) is 23.9 Å². The second kappa shape index (κ2) is 6.70. The molecule has 3 amide bonds. The van der Waals surface area contributed by atoms with Crippen molar-refractivity contribution in [2.45, 2.75) is 19.0 Å². The van der Waals surface area contributed by atoms with Gasteiger partial charge in [-0.25, -0.2) is 4.98 Å². The van der Waals surface area contributed by atoms with E-state index in [1.54, 1.807) is 30.6 Å². The third-order valence-corrected chi connectivity index (χ3v) is 6.64. The van der Waals surface area contributed by atoms with Gasteiger partial charge < -0.3 is 9.42 Å². The van der Waals surface area contributed by atoms with Gasteiger partial charge >= 0.3 is 0 Å². The Morgan fingerprint density at radius 3 is 2.32 bits per heavy atom. The molecular weight excluding hydrogens is 436 g/mol. The van der Waals surface area contributed by atoms with Gasteiger partial charge in [-0.1, -0.05) is 29.4 Å². The molecule has 0 saturated carbocycles. The fourth-order valence-electron chi connectivity index (χ4n) is 4.91. The second-order valence-corrected chi connectivity index (χ2v) is 8.43. The number of fused-ring (bicyclic) bond motifs is 6. The van der Waals surface area contributed by atoms with E-state index in [-0.39, 0.29) is 42.0 Å². The molecule has 1 fully saturated rings. The van der Waals surface area contributed by atoms with Crippen LogP contribution in [0, 0.1) is 0 Å². The first-order chi connectivity index (χ1) is 16.6. The Kier molecular flexibility index (Phi) is 3.73. The lowest BCUT2D eigenvalue weighted by Gasteiger charge is -2.39. The molecule has 2 aromatic heterocycles. The van der Waals surface area contributed by atoms with Crippen molar-refractivity contribution in [3.8, 4) is 17.3 Å². The molecule has 0 spiro atoms. The highest BCUT2D eigenvalue weighted by molar-refractivity contribution is 6.21. The average molecular weight is 452 g/mol. The standard InChI is InChI=1S/C24H16N6O4/c31-22-13-5-1-2-6-14(13)23(32)29(22)11-18-26-21(34-27-18)19-20-17-9-10-28(17)24(33)15-7-3-4-8-16(15)30(20)12-25-19/h1-8,12,17H,9-11H2/t17-/m0/s1. The molecule has 4 aromatic rings. The molecular formula is C24H16N6O4. The van der Waals surface area contributed by atoms with Crippen LogP contribution in [0.3, 0.4) is 0 Å². The Morgan fingerprint density at radius 2 is 1.62 bits per heavy atom. The number of hydrogen-bond acceptors (Lipinski definition) is 7. The summed E-state index contributed by atoms with van der Waals surface area (Å²) in [6.07, 6.45) is 2.46. The molecule has 166 valence electrons. The first kappa shape index (κ1) is 18.9. The van der Waals surface area contributed by atoms with Crippen LogP contribution < -0.4 is 0 Å². The average Bonchev–Trinajstić information content (AvgIpc) is 3.52. The number of rotatable bonds is 3. The summed E-state index contributed by atoms with van der Waals surface area (Å²) < 4.78 is 7.41. The lowest BCUT2D eigenvalue weighted by atomic mass is 9.97. The summed E-state index contributed by atoms with van der Waals surface area (Å²) in [4.78, 5) is 50.3. The maximum absolute atomic E-state index is 13.0. The summed E-state index contributed by atoms with van der Waals surface area (Å²) in [6.45, 7) is 0.556. The van der Waals surface area contributed by atoms with Gasteiger partial charge in [-0.2, -0.15) is 4.98 Å². The van der Waals surface area contributed by atoms with E-state index in [4.69, 9.17) is 4.52 Å². The van der Waals surface area contributed by atoms with Crippen LogP contribution in [0.25, 0.3) is 17.3 Å². The third kappa shape index (κ3) is 2.44. The van der Waals surface area contributed by atoms with E-state index in [0.717, 1.165) is 22.7 Å². The molecule has 0 bridgehead atoms. The Morgan fingerprint density at radius 1 is 0.912 bits per heavy atom. The van der Waals surface area contributed by atoms with Gasteiger partial charge in [0.15, 0.2) is 11.5 Å². The SMILES string of the molecule is O=C1c2ccccc2C(=O)N1Cc1noc(-c2ncn3c2[C@@H]2CCN2C(=O)c2ccccc2-3)n1. The van der Waals surface area contributed by atoms with Gasteiger partial charge in [0, 0.05) is 6.54 Å². The summed E-state index contributed by atoms with van der Waals surface area (Å²) in [5.74, 6) is -0.412. The van der Waals surface area contributed by atoms with Crippen molar-refractivity contribution in [3.63, 3.8) is 0 Å². The summed E-state index contributed by atoms with van der Waals surface area (Å²) in [6, 6.07) is 14.0. The lowest BCUT2D eigenvalue weighted by molar-refractivity contribution is 0.0460. The fourth-order valence-corrected chi connectivity index (χ4v) is 4.91. The first-order valence-corrected chi connectivity index (χ1v) is 10.9. The van der Waals surface area contributed by atoms with Crippen LogP contribution in [-0.4, -0.2) is 53.8 Å². The number of nitrogens with zero attached hydrogens (tertiary/aromatic N) is 6. The van der Waals surface area contributed by atoms with Crippen LogP contribution in [0.5, 0.6) is 0 Å². The highest BCUT2D eigenvalue weighted by Gasteiger charge is 2.42. The maximum atomic E-state index is 13.0. The van der Waals surface area contributed by atoms with Crippen molar-refractivity contribution in [3.05, 3.63) is 83.1 Å². The van der Waals surface area contributed by atoms with Gasteiger partial charge in [0.05, 0.1) is 40.7 Å². The van der Waals surface area contributed by atoms with Crippen LogP contribution >= 0.6 is 0 Å². The van der Waals surface area contributed by atoms with E-state index < -0.39 is 0 Å². The van der Waals surface area contributed by atoms with Crippen molar-refractivity contribution >= 4 is 17.7 Å². The molecule has 1 saturated heterocycles. The molecule has 5 heterocycles. The summed E-state index contributed by atoms with van der Waals surface area (Å²) in [5.41, 5.74) is 3.39. The molecule has 7 rings (SSSR count). The maximum Gasteiger partial charge on any atom is 0.278 e. The minimum Gasteiger partial charge on any atom is -0.332 e. The molecule has 10 heteroatoms. The number of imide groups is 1. The van der Waals surface area contributed by atoms with E-state index in [0.29, 0.717) is 28.9 Å². The predicted molar refractivity (Wildman–Crippen MR) is 116 cm³/mol. The van der Waals surface area contributed by atoms with Crippen molar-refractivity contribution in [1.29, 1.82) is 0 Å². The molecule has 2 aromatic carbocycles. The number of para-hydroxylation sites is 1. The van der Waals surface area contributed by atoms with Gasteiger partial charge in [0.25, 0.3) is 23.6 Å². The van der Waals surface area contributed by atoms with Gasteiger partial charge in [-0.15, -0.1) is 0 Å². The van der Waals surface area contributed by atoms with E-state index in [1.807, 2.05) is 33.7 Å². The molecule has 0 radical (unpaired) electrons. The monoisotopic (exact) mass is 452 g/mol. The molecule has 34 heavy (non-hydrogen) atoms. The van der Waals surface area contributed by atoms with E-state index in [1.165, 1.54) is 0 Å². The topological polar surface area (TPSA) is 114 Å². The summed E-state index contributed by atoms with van der Waals surface area (Å²) >= 11 is 0. The number of hydrogen-bond donors (Lipinski definition) is 0. The smallest absolute Gasteiger partial charge is 0.278 e. The molecule has 0 aliphatic carbocycles. The zero-order chi connectivity index (χ0) is 23.0. The number of amides is 3. The number of benzene rings is 2. The highest BCUT2D eigenvalue weighted by Crippen LogP contribution is 2.43. The third-order valence-electron chi connectivity index (χ3n) is 6.64. The number of imidazole rings is 1. The van der Waals surface area contributed by atoms with E-state index >= 15 is 0 Å². The van der Waals surface area contributed by atoms with Crippen LogP contribution in [0.2, 0.25) is 0 Å². The van der Waals surface area contributed by atoms with Crippen molar-refractivity contribution in [1.82, 2.24) is 29.5 Å². The minimum atomic E-state index is -0.386. The number of carbonyl (C=O) groups is 3. The second-order valence-electron chi connectivity index (χ2n) is 8.43. The summed E-state index contributed by atoms with van der Waals surface area (Å²) in [5, 5.41) is 4.00. The molecule has 10 nitrogen and oxygen atoms in total. The van der Waals surface area contributed by atoms with Crippen LogP contribution in [0.1, 0.15) is 55.1 Å². The zero-order valence-electron chi connectivity index (χ0n) is 17.7. The Balaban J connectivity index is 1.25. The highest BCUT2D eigenvalue weighted by atomic mass is 16.5. The van der Waals surface area contributed by atoms with E-state index in [2.05, 4.69) is 15.1 Å². The Bertz CT molecular complexity index is 1500. The first-order valence-electron chi connectivity index (χ1n) is 10.9. The largest absolute Gasteiger partial charge is 0.332 e. The van der Waals surface area contributed by atoms with Gasteiger partial charge in [0.2, 0.25) is 0 Å².